The minimum absolute atomic E-state index is 0.0892. The van der Waals surface area contributed by atoms with E-state index in [4.69, 9.17) is 0 Å². The normalized spacial score (nSPS) is 27.1. The molecule has 0 radical (unpaired) electrons. The van der Waals surface area contributed by atoms with Crippen LogP contribution in [0.3, 0.4) is 0 Å². The van der Waals surface area contributed by atoms with Gasteiger partial charge in [0.25, 0.3) is 0 Å². The first-order chi connectivity index (χ1) is 7.68. The van der Waals surface area contributed by atoms with E-state index in [-0.39, 0.29) is 17.7 Å². The van der Waals surface area contributed by atoms with Gasteiger partial charge in [-0.05, 0) is 13.0 Å². The zero-order chi connectivity index (χ0) is 11.5. The molecule has 2 rings (SSSR count). The Kier molecular flexibility index (Phi) is 3.43. The molecule has 0 saturated carbocycles. The van der Waals surface area contributed by atoms with E-state index in [0.717, 1.165) is 32.6 Å². The van der Waals surface area contributed by atoms with Crippen LogP contribution in [0.25, 0.3) is 0 Å². The average Bonchev–Trinajstić information content (AvgIpc) is 2.51. The Labute approximate surface area is 95.8 Å². The largest absolute Gasteiger partial charge is 0.345 e. The lowest BCUT2D eigenvalue weighted by Gasteiger charge is -2.23. The predicted molar refractivity (Wildman–Crippen MR) is 59.8 cm³/mol. The number of amides is 2. The number of carbonyl (C=O) groups excluding carboxylic acids is 2. The predicted octanol–water partition coefficient (Wildman–Crippen LogP) is -0.713. The highest BCUT2D eigenvalue weighted by Gasteiger charge is 2.34. The van der Waals surface area contributed by atoms with E-state index in [9.17, 15) is 9.59 Å². The lowest BCUT2D eigenvalue weighted by molar-refractivity contribution is -0.135. The Morgan fingerprint density at radius 3 is 2.88 bits per heavy atom. The van der Waals surface area contributed by atoms with Crippen molar-refractivity contribution in [2.75, 3.05) is 39.8 Å². The maximum Gasteiger partial charge on any atom is 0.228 e. The molecule has 1 N–H and O–H groups in total. The molecule has 90 valence electrons. The van der Waals surface area contributed by atoms with E-state index in [0.29, 0.717) is 13.0 Å². The van der Waals surface area contributed by atoms with Gasteiger partial charge in [0.1, 0.15) is 0 Å². The molecule has 1 atom stereocenters. The highest BCUT2D eigenvalue weighted by atomic mass is 16.2. The van der Waals surface area contributed by atoms with E-state index in [2.05, 4.69) is 5.32 Å². The van der Waals surface area contributed by atoms with Gasteiger partial charge in [-0.25, -0.2) is 0 Å². The number of hydrogen-bond donors (Lipinski definition) is 1. The summed E-state index contributed by atoms with van der Waals surface area (Å²) < 4.78 is 0. The van der Waals surface area contributed by atoms with Crippen molar-refractivity contribution in [1.82, 2.24) is 15.1 Å². The van der Waals surface area contributed by atoms with E-state index in [1.165, 1.54) is 0 Å². The molecule has 0 spiro atoms. The van der Waals surface area contributed by atoms with E-state index < -0.39 is 0 Å². The SMILES string of the molecule is CN1CC(C(=O)N2CCCNCC2)CC1=O. The van der Waals surface area contributed by atoms with Gasteiger partial charge < -0.3 is 15.1 Å². The Morgan fingerprint density at radius 2 is 2.19 bits per heavy atom. The Bertz CT molecular complexity index is 285. The second-order valence-electron chi connectivity index (χ2n) is 4.60. The Morgan fingerprint density at radius 1 is 1.38 bits per heavy atom. The number of rotatable bonds is 1. The second-order valence-corrected chi connectivity index (χ2v) is 4.60. The van der Waals surface area contributed by atoms with Crippen molar-refractivity contribution in [2.45, 2.75) is 12.8 Å². The summed E-state index contributed by atoms with van der Waals surface area (Å²) in [6.45, 7) is 4.02. The van der Waals surface area contributed by atoms with Gasteiger partial charge in [-0.15, -0.1) is 0 Å². The van der Waals surface area contributed by atoms with Gasteiger partial charge in [0.15, 0.2) is 0 Å². The van der Waals surface area contributed by atoms with Crippen LogP contribution in [0.4, 0.5) is 0 Å². The monoisotopic (exact) mass is 225 g/mol. The van der Waals surface area contributed by atoms with Gasteiger partial charge in [-0.1, -0.05) is 0 Å². The summed E-state index contributed by atoms with van der Waals surface area (Å²) in [7, 11) is 1.76. The zero-order valence-electron chi connectivity index (χ0n) is 9.74. The molecule has 2 amide bonds. The molecule has 0 bridgehead atoms. The summed E-state index contributed by atoms with van der Waals surface area (Å²) in [6, 6.07) is 0. The van der Waals surface area contributed by atoms with Crippen LogP contribution >= 0.6 is 0 Å². The fourth-order valence-electron chi connectivity index (χ4n) is 2.35. The molecular formula is C11H19N3O2. The van der Waals surface area contributed by atoms with Crippen LogP contribution in [0, 0.1) is 5.92 Å². The summed E-state index contributed by atoms with van der Waals surface area (Å²) in [6.07, 6.45) is 1.39. The third-order valence-electron chi connectivity index (χ3n) is 3.34. The van der Waals surface area contributed by atoms with Gasteiger partial charge in [0.05, 0.1) is 5.92 Å². The first-order valence-corrected chi connectivity index (χ1v) is 5.92. The van der Waals surface area contributed by atoms with E-state index in [1.807, 2.05) is 4.90 Å². The lowest BCUT2D eigenvalue weighted by Crippen LogP contribution is -2.39. The molecule has 0 aromatic carbocycles. The van der Waals surface area contributed by atoms with Crippen LogP contribution in [0.1, 0.15) is 12.8 Å². The van der Waals surface area contributed by atoms with Gasteiger partial charge >= 0.3 is 0 Å². The molecule has 2 saturated heterocycles. The molecule has 5 nitrogen and oxygen atoms in total. The van der Waals surface area contributed by atoms with Crippen LogP contribution in [-0.2, 0) is 9.59 Å². The van der Waals surface area contributed by atoms with Crippen LogP contribution in [0.5, 0.6) is 0 Å². The standard InChI is InChI=1S/C11H19N3O2/c1-13-8-9(7-10(13)15)11(16)14-5-2-3-12-4-6-14/h9,12H,2-8H2,1H3. The third-order valence-corrected chi connectivity index (χ3v) is 3.34. The van der Waals surface area contributed by atoms with Gasteiger partial charge in [0.2, 0.25) is 11.8 Å². The lowest BCUT2D eigenvalue weighted by atomic mass is 10.1. The molecule has 2 aliphatic heterocycles. The van der Waals surface area contributed by atoms with Crippen LogP contribution in [0.2, 0.25) is 0 Å². The van der Waals surface area contributed by atoms with Crippen molar-refractivity contribution in [3.05, 3.63) is 0 Å². The summed E-state index contributed by atoms with van der Waals surface area (Å²) in [5.74, 6) is 0.128. The fraction of sp³-hybridized carbons (Fsp3) is 0.818. The smallest absolute Gasteiger partial charge is 0.228 e. The second kappa shape index (κ2) is 4.82. The van der Waals surface area contributed by atoms with Crippen molar-refractivity contribution in [3.8, 4) is 0 Å². The maximum atomic E-state index is 12.2. The Hall–Kier alpha value is -1.10. The highest BCUT2D eigenvalue weighted by molar-refractivity contribution is 5.89. The summed E-state index contributed by atoms with van der Waals surface area (Å²) in [4.78, 5) is 27.1. The summed E-state index contributed by atoms with van der Waals surface area (Å²) in [5.41, 5.74) is 0. The van der Waals surface area contributed by atoms with Crippen molar-refractivity contribution < 1.29 is 9.59 Å². The van der Waals surface area contributed by atoms with Crippen LogP contribution < -0.4 is 5.32 Å². The molecule has 0 aliphatic carbocycles. The van der Waals surface area contributed by atoms with Crippen molar-refractivity contribution >= 4 is 11.8 Å². The van der Waals surface area contributed by atoms with E-state index >= 15 is 0 Å². The van der Waals surface area contributed by atoms with Crippen molar-refractivity contribution in [3.63, 3.8) is 0 Å². The fourth-order valence-corrected chi connectivity index (χ4v) is 2.35. The number of likely N-dealkylation sites (tertiary alicyclic amines) is 1. The van der Waals surface area contributed by atoms with Gasteiger partial charge in [0, 0.05) is 39.6 Å². The number of hydrogen-bond acceptors (Lipinski definition) is 3. The molecule has 0 aromatic rings. The third kappa shape index (κ3) is 2.35. The quantitative estimate of drug-likeness (QED) is 0.641. The first-order valence-electron chi connectivity index (χ1n) is 5.92. The molecule has 5 heteroatoms. The van der Waals surface area contributed by atoms with Gasteiger partial charge in [-0.2, -0.15) is 0 Å². The minimum Gasteiger partial charge on any atom is -0.345 e. The molecule has 2 fully saturated rings. The molecular weight excluding hydrogens is 206 g/mol. The number of nitrogens with one attached hydrogen (secondary N) is 1. The molecule has 0 aromatic heterocycles. The molecule has 2 heterocycles. The molecule has 1 unspecified atom stereocenters. The molecule has 16 heavy (non-hydrogen) atoms. The summed E-state index contributed by atoms with van der Waals surface area (Å²) >= 11 is 0. The van der Waals surface area contributed by atoms with Crippen LogP contribution in [-0.4, -0.2) is 61.4 Å². The number of nitrogens with zero attached hydrogens (tertiary/aromatic N) is 2. The van der Waals surface area contributed by atoms with Crippen molar-refractivity contribution in [1.29, 1.82) is 0 Å². The van der Waals surface area contributed by atoms with E-state index in [1.54, 1.807) is 11.9 Å². The number of carbonyl (C=O) groups is 2. The average molecular weight is 225 g/mol. The summed E-state index contributed by atoms with van der Waals surface area (Å²) in [5, 5.41) is 3.27. The van der Waals surface area contributed by atoms with Crippen LogP contribution in [0.15, 0.2) is 0 Å². The minimum atomic E-state index is -0.115. The zero-order valence-corrected chi connectivity index (χ0v) is 9.74. The topological polar surface area (TPSA) is 52.7 Å². The first kappa shape index (κ1) is 11.4. The van der Waals surface area contributed by atoms with Gasteiger partial charge in [-0.3, -0.25) is 9.59 Å². The highest BCUT2D eigenvalue weighted by Crippen LogP contribution is 2.18. The molecule has 2 aliphatic rings. The Balaban J connectivity index is 1.93. The maximum absolute atomic E-state index is 12.2. The van der Waals surface area contributed by atoms with Crippen molar-refractivity contribution in [2.24, 2.45) is 5.92 Å².